The molecule has 1 aromatic rings. The first-order valence-electron chi connectivity index (χ1n) is 6.15. The molecule has 7 heteroatoms. The van der Waals surface area contributed by atoms with E-state index in [4.69, 9.17) is 10.4 Å². The second-order valence-corrected chi connectivity index (χ2v) is 6.60. The number of rotatable bonds is 4. The number of sulfonamides is 1. The molecular formula is C13H14N2O4S. The van der Waals surface area contributed by atoms with Gasteiger partial charge in [-0.3, -0.25) is 4.79 Å². The standard InChI is InChI=1S/C13H14N2O4S/c14-8-10-3-1-4-11(7-10)9-20(18,19)15-6-2-5-12(15)13(16)17/h1,3-4,7,12H,2,5-6,9H2,(H,16,17)/t12-/m0/s1. The Hall–Kier alpha value is -1.91. The van der Waals surface area contributed by atoms with Gasteiger partial charge in [-0.05, 0) is 30.5 Å². The maximum atomic E-state index is 12.3. The molecule has 0 amide bonds. The zero-order valence-corrected chi connectivity index (χ0v) is 11.5. The summed E-state index contributed by atoms with van der Waals surface area (Å²) in [6.45, 7) is 0.233. The largest absolute Gasteiger partial charge is 0.480 e. The van der Waals surface area contributed by atoms with Crippen molar-refractivity contribution < 1.29 is 18.3 Å². The number of nitrogens with zero attached hydrogens (tertiary/aromatic N) is 2. The predicted octanol–water partition coefficient (Wildman–Crippen LogP) is 0.937. The summed E-state index contributed by atoms with van der Waals surface area (Å²) in [5.41, 5.74) is 0.869. The summed E-state index contributed by atoms with van der Waals surface area (Å²) in [4.78, 5) is 11.1. The fourth-order valence-electron chi connectivity index (χ4n) is 2.34. The highest BCUT2D eigenvalue weighted by molar-refractivity contribution is 7.88. The molecule has 1 aliphatic rings. The summed E-state index contributed by atoms with van der Waals surface area (Å²) in [5.74, 6) is -1.40. The molecular weight excluding hydrogens is 280 g/mol. The lowest BCUT2D eigenvalue weighted by molar-refractivity contribution is -0.140. The Morgan fingerprint density at radius 2 is 2.25 bits per heavy atom. The Morgan fingerprint density at radius 1 is 1.50 bits per heavy atom. The lowest BCUT2D eigenvalue weighted by Crippen LogP contribution is -2.40. The number of nitriles is 1. The fraction of sp³-hybridized carbons (Fsp3) is 0.385. The molecule has 0 aromatic heterocycles. The number of hydrogen-bond acceptors (Lipinski definition) is 4. The number of carbonyl (C=O) groups is 1. The van der Waals surface area contributed by atoms with Crippen LogP contribution in [0.15, 0.2) is 24.3 Å². The zero-order chi connectivity index (χ0) is 14.8. The van der Waals surface area contributed by atoms with E-state index >= 15 is 0 Å². The topological polar surface area (TPSA) is 98.5 Å². The van der Waals surface area contributed by atoms with Gasteiger partial charge in [0.2, 0.25) is 10.0 Å². The van der Waals surface area contributed by atoms with Gasteiger partial charge in [-0.15, -0.1) is 0 Å². The van der Waals surface area contributed by atoms with Gasteiger partial charge in [0.1, 0.15) is 6.04 Å². The van der Waals surface area contributed by atoms with Crippen molar-refractivity contribution in [1.82, 2.24) is 4.31 Å². The van der Waals surface area contributed by atoms with Crippen LogP contribution in [-0.4, -0.2) is 36.4 Å². The quantitative estimate of drug-likeness (QED) is 0.891. The van der Waals surface area contributed by atoms with Gasteiger partial charge in [0.25, 0.3) is 0 Å². The summed E-state index contributed by atoms with van der Waals surface area (Å²) in [6.07, 6.45) is 0.890. The van der Waals surface area contributed by atoms with Crippen molar-refractivity contribution in [2.24, 2.45) is 0 Å². The molecule has 1 aliphatic heterocycles. The van der Waals surface area contributed by atoms with Crippen molar-refractivity contribution in [3.05, 3.63) is 35.4 Å². The molecule has 1 fully saturated rings. The van der Waals surface area contributed by atoms with Crippen LogP contribution in [0.25, 0.3) is 0 Å². The Morgan fingerprint density at radius 3 is 2.90 bits per heavy atom. The van der Waals surface area contributed by atoms with Crippen molar-refractivity contribution in [2.45, 2.75) is 24.6 Å². The van der Waals surface area contributed by atoms with Crippen LogP contribution < -0.4 is 0 Å². The second-order valence-electron chi connectivity index (χ2n) is 4.68. The van der Waals surface area contributed by atoms with E-state index in [1.807, 2.05) is 6.07 Å². The van der Waals surface area contributed by atoms with Crippen molar-refractivity contribution in [3.8, 4) is 6.07 Å². The van der Waals surface area contributed by atoms with Gasteiger partial charge in [-0.2, -0.15) is 9.57 Å². The van der Waals surface area contributed by atoms with Gasteiger partial charge in [0, 0.05) is 6.54 Å². The first-order chi connectivity index (χ1) is 9.44. The first-order valence-corrected chi connectivity index (χ1v) is 7.76. The zero-order valence-electron chi connectivity index (χ0n) is 10.7. The summed E-state index contributed by atoms with van der Waals surface area (Å²) in [6, 6.07) is 7.30. The van der Waals surface area contributed by atoms with E-state index in [1.165, 1.54) is 6.07 Å². The minimum atomic E-state index is -3.69. The van der Waals surface area contributed by atoms with Gasteiger partial charge < -0.3 is 5.11 Å². The first kappa shape index (κ1) is 14.5. The number of hydrogen-bond donors (Lipinski definition) is 1. The predicted molar refractivity (Wildman–Crippen MR) is 71.1 cm³/mol. The van der Waals surface area contributed by atoms with E-state index in [1.54, 1.807) is 18.2 Å². The number of benzene rings is 1. The van der Waals surface area contributed by atoms with Crippen LogP contribution in [0, 0.1) is 11.3 Å². The maximum Gasteiger partial charge on any atom is 0.322 e. The van der Waals surface area contributed by atoms with Gasteiger partial charge in [-0.1, -0.05) is 12.1 Å². The lowest BCUT2D eigenvalue weighted by atomic mass is 10.2. The van der Waals surface area contributed by atoms with Crippen LogP contribution >= 0.6 is 0 Å². The average Bonchev–Trinajstić information content (AvgIpc) is 2.88. The summed E-state index contributed by atoms with van der Waals surface area (Å²) >= 11 is 0. The van der Waals surface area contributed by atoms with Gasteiger partial charge in [0.05, 0.1) is 17.4 Å². The third-order valence-corrected chi connectivity index (χ3v) is 5.10. The molecule has 20 heavy (non-hydrogen) atoms. The second kappa shape index (κ2) is 5.61. The molecule has 1 N–H and O–H groups in total. The Kier molecular flexibility index (Phi) is 4.06. The van der Waals surface area contributed by atoms with Crippen LogP contribution in [-0.2, 0) is 20.6 Å². The minimum absolute atomic E-state index is 0.233. The Labute approximate surface area is 117 Å². The van der Waals surface area contributed by atoms with Crippen LogP contribution in [0.5, 0.6) is 0 Å². The highest BCUT2D eigenvalue weighted by Gasteiger charge is 2.38. The highest BCUT2D eigenvalue weighted by Crippen LogP contribution is 2.23. The van der Waals surface area contributed by atoms with E-state index in [2.05, 4.69) is 0 Å². The van der Waals surface area contributed by atoms with E-state index in [-0.39, 0.29) is 12.3 Å². The van der Waals surface area contributed by atoms with E-state index in [9.17, 15) is 13.2 Å². The Balaban J connectivity index is 2.23. The molecule has 106 valence electrons. The number of carboxylic acids is 1. The highest BCUT2D eigenvalue weighted by atomic mass is 32.2. The SMILES string of the molecule is N#Cc1cccc(CS(=O)(=O)N2CCC[C@H]2C(=O)O)c1. The number of aliphatic carboxylic acids is 1. The van der Waals surface area contributed by atoms with Crippen molar-refractivity contribution in [1.29, 1.82) is 5.26 Å². The average molecular weight is 294 g/mol. The minimum Gasteiger partial charge on any atom is -0.480 e. The molecule has 0 unspecified atom stereocenters. The smallest absolute Gasteiger partial charge is 0.322 e. The van der Waals surface area contributed by atoms with Crippen molar-refractivity contribution in [3.63, 3.8) is 0 Å². The van der Waals surface area contributed by atoms with E-state index < -0.39 is 22.0 Å². The summed E-state index contributed by atoms with van der Waals surface area (Å²) in [7, 11) is -3.69. The molecule has 0 aliphatic carbocycles. The monoisotopic (exact) mass is 294 g/mol. The van der Waals surface area contributed by atoms with E-state index in [0.29, 0.717) is 24.0 Å². The molecule has 1 atom stereocenters. The van der Waals surface area contributed by atoms with Crippen molar-refractivity contribution in [2.75, 3.05) is 6.54 Å². The molecule has 0 bridgehead atoms. The summed E-state index contributed by atoms with van der Waals surface area (Å²) in [5, 5.41) is 17.8. The third kappa shape index (κ3) is 2.98. The Bertz CT molecular complexity index is 663. The summed E-state index contributed by atoms with van der Waals surface area (Å²) < 4.78 is 25.6. The molecule has 0 spiro atoms. The molecule has 0 radical (unpaired) electrons. The molecule has 6 nitrogen and oxygen atoms in total. The fourth-order valence-corrected chi connectivity index (χ4v) is 4.10. The maximum absolute atomic E-state index is 12.3. The normalized spacial score (nSPS) is 19.6. The lowest BCUT2D eigenvalue weighted by Gasteiger charge is -2.20. The molecule has 1 heterocycles. The van der Waals surface area contributed by atoms with Crippen molar-refractivity contribution >= 4 is 16.0 Å². The molecule has 1 saturated heterocycles. The van der Waals surface area contributed by atoms with E-state index in [0.717, 1.165) is 4.31 Å². The van der Waals surface area contributed by atoms with Crippen LogP contribution in [0.2, 0.25) is 0 Å². The van der Waals surface area contributed by atoms with Crippen LogP contribution in [0.1, 0.15) is 24.0 Å². The van der Waals surface area contributed by atoms with Gasteiger partial charge in [0.15, 0.2) is 0 Å². The molecule has 0 saturated carbocycles. The van der Waals surface area contributed by atoms with Crippen LogP contribution in [0.3, 0.4) is 0 Å². The molecule has 1 aromatic carbocycles. The number of carboxylic acid groups (broad SMARTS) is 1. The van der Waals surface area contributed by atoms with Gasteiger partial charge in [-0.25, -0.2) is 8.42 Å². The molecule has 2 rings (SSSR count). The third-order valence-electron chi connectivity index (χ3n) is 3.25. The van der Waals surface area contributed by atoms with Gasteiger partial charge >= 0.3 is 5.97 Å². The van der Waals surface area contributed by atoms with Crippen LogP contribution in [0.4, 0.5) is 0 Å².